The molecule has 3 rings (SSSR count). The largest absolute Gasteiger partial charge is 0.497 e. The number of nitrogens with zero attached hydrogens (tertiary/aromatic N) is 2. The zero-order valence-corrected chi connectivity index (χ0v) is 16.5. The van der Waals surface area contributed by atoms with Gasteiger partial charge >= 0.3 is 0 Å². The van der Waals surface area contributed by atoms with Gasteiger partial charge in [-0.15, -0.1) is 0 Å². The van der Waals surface area contributed by atoms with Crippen molar-refractivity contribution in [1.29, 1.82) is 0 Å². The summed E-state index contributed by atoms with van der Waals surface area (Å²) in [7, 11) is 1.64. The number of nitrogens with one attached hydrogen (secondary N) is 1. The number of amides is 2. The summed E-state index contributed by atoms with van der Waals surface area (Å²) >= 11 is 0. The molecule has 0 aliphatic carbocycles. The van der Waals surface area contributed by atoms with E-state index in [4.69, 9.17) is 4.74 Å². The molecule has 6 nitrogen and oxygen atoms in total. The van der Waals surface area contributed by atoms with Crippen LogP contribution in [0.1, 0.15) is 29.5 Å². The number of ether oxygens (including phenoxy) is 1. The first-order chi connectivity index (χ1) is 13.6. The van der Waals surface area contributed by atoms with E-state index in [1.54, 1.807) is 19.5 Å². The number of piperidine rings is 1. The van der Waals surface area contributed by atoms with Crippen LogP contribution < -0.4 is 10.1 Å². The molecule has 0 bridgehead atoms. The molecule has 1 N–H and O–H groups in total. The fourth-order valence-corrected chi connectivity index (χ4v) is 3.43. The van der Waals surface area contributed by atoms with Crippen molar-refractivity contribution in [2.45, 2.75) is 32.7 Å². The molecule has 1 fully saturated rings. The van der Waals surface area contributed by atoms with E-state index in [2.05, 4.69) is 10.3 Å². The van der Waals surface area contributed by atoms with Gasteiger partial charge in [-0.2, -0.15) is 0 Å². The molecule has 1 aliphatic rings. The van der Waals surface area contributed by atoms with Crippen LogP contribution in [0.2, 0.25) is 0 Å². The van der Waals surface area contributed by atoms with E-state index in [0.29, 0.717) is 32.5 Å². The average Bonchev–Trinajstić information content (AvgIpc) is 2.72. The molecule has 1 aromatic heterocycles. The van der Waals surface area contributed by atoms with Crippen LogP contribution in [0, 0.1) is 12.8 Å². The third-order valence-electron chi connectivity index (χ3n) is 5.29. The van der Waals surface area contributed by atoms with Gasteiger partial charge in [-0.3, -0.25) is 14.6 Å². The average molecular weight is 381 g/mol. The number of hydrogen-bond donors (Lipinski definition) is 1. The molecule has 2 amide bonds. The fraction of sp³-hybridized carbons (Fsp3) is 0.409. The number of carbonyl (C=O) groups is 2. The summed E-state index contributed by atoms with van der Waals surface area (Å²) in [5, 5.41) is 3.01. The molecule has 1 atom stereocenters. The molecular formula is C22H27N3O3. The van der Waals surface area contributed by atoms with Crippen LogP contribution in [-0.2, 0) is 22.6 Å². The Bertz CT molecular complexity index is 820. The minimum absolute atomic E-state index is 0.0122. The van der Waals surface area contributed by atoms with Crippen LogP contribution in [0.15, 0.2) is 42.7 Å². The van der Waals surface area contributed by atoms with Crippen molar-refractivity contribution in [3.63, 3.8) is 0 Å². The highest BCUT2D eigenvalue weighted by Crippen LogP contribution is 2.19. The minimum atomic E-state index is -0.157. The number of hydrogen-bond acceptors (Lipinski definition) is 4. The minimum Gasteiger partial charge on any atom is -0.497 e. The number of pyridine rings is 1. The van der Waals surface area contributed by atoms with Crippen LogP contribution in [0.3, 0.4) is 0 Å². The van der Waals surface area contributed by atoms with Crippen molar-refractivity contribution < 1.29 is 14.3 Å². The highest BCUT2D eigenvalue weighted by molar-refractivity contribution is 5.83. The summed E-state index contributed by atoms with van der Waals surface area (Å²) in [5.74, 6) is 0.801. The van der Waals surface area contributed by atoms with Crippen LogP contribution in [0.25, 0.3) is 0 Å². The SMILES string of the molecule is COc1ccc(CCN2C[C@@H](C(=O)NCc3ccncc3C)CCC2=O)cc1. The van der Waals surface area contributed by atoms with Gasteiger partial charge in [0.25, 0.3) is 0 Å². The van der Waals surface area contributed by atoms with Crippen molar-refractivity contribution in [1.82, 2.24) is 15.2 Å². The second-order valence-electron chi connectivity index (χ2n) is 7.19. The first-order valence-electron chi connectivity index (χ1n) is 9.64. The van der Waals surface area contributed by atoms with E-state index in [1.165, 1.54) is 0 Å². The third-order valence-corrected chi connectivity index (χ3v) is 5.29. The monoisotopic (exact) mass is 381 g/mol. The number of benzene rings is 1. The van der Waals surface area contributed by atoms with E-state index < -0.39 is 0 Å². The molecule has 0 unspecified atom stereocenters. The number of aryl methyl sites for hydroxylation is 1. The lowest BCUT2D eigenvalue weighted by molar-refractivity contribution is -0.138. The first kappa shape index (κ1) is 19.9. The van der Waals surface area contributed by atoms with E-state index >= 15 is 0 Å². The van der Waals surface area contributed by atoms with Gasteiger partial charge in [-0.1, -0.05) is 12.1 Å². The standard InChI is InChI=1S/C22H27N3O3/c1-16-13-23-11-9-18(16)14-24-22(27)19-5-8-21(26)25(15-19)12-10-17-3-6-20(28-2)7-4-17/h3-4,6-7,9,11,13,19H,5,8,10,12,14-15H2,1-2H3,(H,24,27)/t19-/m0/s1. The Hall–Kier alpha value is -2.89. The predicted octanol–water partition coefficient (Wildman–Crippen LogP) is 2.50. The maximum absolute atomic E-state index is 12.6. The molecule has 0 radical (unpaired) electrons. The Balaban J connectivity index is 1.52. The van der Waals surface area contributed by atoms with Crippen LogP contribution in [0.4, 0.5) is 0 Å². The van der Waals surface area contributed by atoms with E-state index in [1.807, 2.05) is 42.2 Å². The van der Waals surface area contributed by atoms with Gasteiger partial charge in [0.1, 0.15) is 5.75 Å². The van der Waals surface area contributed by atoms with Gasteiger partial charge in [0.2, 0.25) is 11.8 Å². The summed E-state index contributed by atoms with van der Waals surface area (Å²) in [6.07, 6.45) is 5.32. The number of carbonyl (C=O) groups excluding carboxylic acids is 2. The Morgan fingerprint density at radius 2 is 2.07 bits per heavy atom. The van der Waals surface area contributed by atoms with E-state index in [-0.39, 0.29) is 17.7 Å². The molecule has 28 heavy (non-hydrogen) atoms. The van der Waals surface area contributed by atoms with Crippen LogP contribution in [-0.4, -0.2) is 41.9 Å². The molecular weight excluding hydrogens is 354 g/mol. The lowest BCUT2D eigenvalue weighted by Gasteiger charge is -2.32. The zero-order valence-electron chi connectivity index (χ0n) is 16.5. The molecule has 0 saturated carbocycles. The highest BCUT2D eigenvalue weighted by Gasteiger charge is 2.29. The third kappa shape index (κ3) is 5.09. The predicted molar refractivity (Wildman–Crippen MR) is 107 cm³/mol. The Kier molecular flexibility index (Phi) is 6.63. The Morgan fingerprint density at radius 1 is 1.29 bits per heavy atom. The second-order valence-corrected chi connectivity index (χ2v) is 7.19. The first-order valence-corrected chi connectivity index (χ1v) is 9.64. The molecule has 6 heteroatoms. The molecule has 0 spiro atoms. The normalized spacial score (nSPS) is 16.7. The highest BCUT2D eigenvalue weighted by atomic mass is 16.5. The smallest absolute Gasteiger partial charge is 0.225 e. The number of methoxy groups -OCH3 is 1. The van der Waals surface area contributed by atoms with Gasteiger partial charge in [-0.25, -0.2) is 0 Å². The summed E-state index contributed by atoms with van der Waals surface area (Å²) in [4.78, 5) is 30.8. The lowest BCUT2D eigenvalue weighted by atomic mass is 9.96. The van der Waals surface area contributed by atoms with E-state index in [9.17, 15) is 9.59 Å². The Morgan fingerprint density at radius 3 is 2.79 bits per heavy atom. The lowest BCUT2D eigenvalue weighted by Crippen LogP contribution is -2.46. The molecule has 1 saturated heterocycles. The number of rotatable bonds is 7. The molecule has 2 aromatic rings. The van der Waals surface area contributed by atoms with Crippen molar-refractivity contribution in [2.75, 3.05) is 20.2 Å². The van der Waals surface area contributed by atoms with Crippen molar-refractivity contribution in [3.8, 4) is 5.75 Å². The van der Waals surface area contributed by atoms with Gasteiger partial charge in [0.15, 0.2) is 0 Å². The number of likely N-dealkylation sites (tertiary alicyclic amines) is 1. The van der Waals surface area contributed by atoms with Crippen LogP contribution in [0.5, 0.6) is 5.75 Å². The zero-order chi connectivity index (χ0) is 19.9. The maximum Gasteiger partial charge on any atom is 0.225 e. The molecule has 1 aliphatic heterocycles. The van der Waals surface area contributed by atoms with E-state index in [0.717, 1.165) is 28.9 Å². The second kappa shape index (κ2) is 9.35. The fourth-order valence-electron chi connectivity index (χ4n) is 3.43. The molecule has 1 aromatic carbocycles. The van der Waals surface area contributed by atoms with Gasteiger partial charge in [0, 0.05) is 38.4 Å². The van der Waals surface area contributed by atoms with Gasteiger partial charge < -0.3 is 15.0 Å². The topological polar surface area (TPSA) is 71.5 Å². The summed E-state index contributed by atoms with van der Waals surface area (Å²) in [5.41, 5.74) is 3.27. The number of aromatic nitrogens is 1. The van der Waals surface area contributed by atoms with Crippen molar-refractivity contribution in [2.24, 2.45) is 5.92 Å². The summed E-state index contributed by atoms with van der Waals surface area (Å²) in [6.45, 7) is 3.58. The summed E-state index contributed by atoms with van der Waals surface area (Å²) in [6, 6.07) is 9.78. The van der Waals surface area contributed by atoms with Gasteiger partial charge in [0.05, 0.1) is 13.0 Å². The van der Waals surface area contributed by atoms with Crippen molar-refractivity contribution in [3.05, 3.63) is 59.4 Å². The Labute approximate surface area is 165 Å². The van der Waals surface area contributed by atoms with Crippen LogP contribution >= 0.6 is 0 Å². The molecule has 148 valence electrons. The summed E-state index contributed by atoms with van der Waals surface area (Å²) < 4.78 is 5.17. The van der Waals surface area contributed by atoms with Crippen molar-refractivity contribution >= 4 is 11.8 Å². The molecule has 2 heterocycles. The van der Waals surface area contributed by atoms with Gasteiger partial charge in [-0.05, 0) is 54.7 Å². The maximum atomic E-state index is 12.6. The quantitative estimate of drug-likeness (QED) is 0.800.